The highest BCUT2D eigenvalue weighted by Crippen LogP contribution is 2.15. The van der Waals surface area contributed by atoms with Crippen LogP contribution in [0.3, 0.4) is 0 Å². The third-order valence-electron chi connectivity index (χ3n) is 4.67. The van der Waals surface area contributed by atoms with E-state index in [1.165, 1.54) is 5.56 Å². The molecule has 1 fully saturated rings. The van der Waals surface area contributed by atoms with E-state index in [4.69, 9.17) is 9.15 Å². The third-order valence-corrected chi connectivity index (χ3v) is 4.67. The van der Waals surface area contributed by atoms with Gasteiger partial charge < -0.3 is 14.1 Å². The SMILES string of the molecule is COc1ccc(CN2CCCN(C(=O)CCc3ccco3)CC2)cc1. The van der Waals surface area contributed by atoms with Gasteiger partial charge >= 0.3 is 0 Å². The van der Waals surface area contributed by atoms with E-state index in [2.05, 4.69) is 17.0 Å². The van der Waals surface area contributed by atoms with Gasteiger partial charge in [0, 0.05) is 45.6 Å². The molecule has 0 N–H and O–H groups in total. The highest BCUT2D eigenvalue weighted by Gasteiger charge is 2.19. The zero-order valence-electron chi connectivity index (χ0n) is 14.8. The maximum atomic E-state index is 12.4. The zero-order valence-corrected chi connectivity index (χ0v) is 14.8. The van der Waals surface area contributed by atoms with E-state index in [1.807, 2.05) is 29.2 Å². The van der Waals surface area contributed by atoms with Crippen molar-refractivity contribution < 1.29 is 13.9 Å². The fourth-order valence-corrected chi connectivity index (χ4v) is 3.21. The van der Waals surface area contributed by atoms with Crippen molar-refractivity contribution in [2.75, 3.05) is 33.3 Å². The minimum Gasteiger partial charge on any atom is -0.497 e. The van der Waals surface area contributed by atoms with Gasteiger partial charge in [-0.2, -0.15) is 0 Å². The lowest BCUT2D eigenvalue weighted by Crippen LogP contribution is -2.35. The topological polar surface area (TPSA) is 45.9 Å². The molecular formula is C20H26N2O3. The molecule has 3 rings (SSSR count). The van der Waals surface area contributed by atoms with Gasteiger partial charge in [0.1, 0.15) is 11.5 Å². The van der Waals surface area contributed by atoms with Crippen molar-refractivity contribution in [2.24, 2.45) is 0 Å². The monoisotopic (exact) mass is 342 g/mol. The van der Waals surface area contributed by atoms with Gasteiger partial charge in [0.25, 0.3) is 0 Å². The Balaban J connectivity index is 1.46. The molecule has 1 aromatic carbocycles. The lowest BCUT2D eigenvalue weighted by atomic mass is 10.2. The number of nitrogens with zero attached hydrogens (tertiary/aromatic N) is 2. The number of carbonyl (C=O) groups is 1. The van der Waals surface area contributed by atoms with Gasteiger partial charge in [0.2, 0.25) is 5.91 Å². The van der Waals surface area contributed by atoms with E-state index >= 15 is 0 Å². The Bertz CT molecular complexity index is 652. The molecule has 2 heterocycles. The summed E-state index contributed by atoms with van der Waals surface area (Å²) in [4.78, 5) is 16.8. The third kappa shape index (κ3) is 5.10. The highest BCUT2D eigenvalue weighted by molar-refractivity contribution is 5.76. The predicted octanol–water partition coefficient (Wildman–Crippen LogP) is 2.96. The van der Waals surface area contributed by atoms with Crippen molar-refractivity contribution in [1.29, 1.82) is 0 Å². The molecule has 0 atom stereocenters. The quantitative estimate of drug-likeness (QED) is 0.810. The maximum absolute atomic E-state index is 12.4. The number of carbonyl (C=O) groups excluding carboxylic acids is 1. The first kappa shape index (κ1) is 17.5. The number of furan rings is 1. The number of aryl methyl sites for hydroxylation is 1. The maximum Gasteiger partial charge on any atom is 0.223 e. The number of benzene rings is 1. The molecule has 0 radical (unpaired) electrons. The van der Waals surface area contributed by atoms with Crippen LogP contribution in [0, 0.1) is 0 Å². The summed E-state index contributed by atoms with van der Waals surface area (Å²) < 4.78 is 10.5. The Labute approximate surface area is 149 Å². The normalized spacial score (nSPS) is 15.8. The van der Waals surface area contributed by atoms with E-state index in [9.17, 15) is 4.79 Å². The van der Waals surface area contributed by atoms with E-state index in [0.29, 0.717) is 12.8 Å². The first-order chi connectivity index (χ1) is 12.2. The van der Waals surface area contributed by atoms with E-state index in [0.717, 1.165) is 50.7 Å². The van der Waals surface area contributed by atoms with E-state index in [-0.39, 0.29) is 5.91 Å². The Hall–Kier alpha value is -2.27. The number of methoxy groups -OCH3 is 1. The van der Waals surface area contributed by atoms with Gasteiger partial charge in [-0.25, -0.2) is 0 Å². The van der Waals surface area contributed by atoms with Crippen LogP contribution in [0.1, 0.15) is 24.2 Å². The van der Waals surface area contributed by atoms with Crippen LogP contribution >= 0.6 is 0 Å². The number of amides is 1. The molecule has 134 valence electrons. The summed E-state index contributed by atoms with van der Waals surface area (Å²) in [6.45, 7) is 4.49. The largest absolute Gasteiger partial charge is 0.497 e. The minimum atomic E-state index is 0.225. The number of hydrogen-bond acceptors (Lipinski definition) is 4. The van der Waals surface area contributed by atoms with Crippen molar-refractivity contribution in [3.8, 4) is 5.75 Å². The van der Waals surface area contributed by atoms with Crippen molar-refractivity contribution in [2.45, 2.75) is 25.8 Å². The van der Waals surface area contributed by atoms with Crippen molar-refractivity contribution in [3.05, 3.63) is 54.0 Å². The summed E-state index contributed by atoms with van der Waals surface area (Å²) in [5.74, 6) is 1.99. The molecule has 2 aromatic rings. The second kappa shape index (κ2) is 8.72. The van der Waals surface area contributed by atoms with Crippen LogP contribution in [-0.4, -0.2) is 49.0 Å². The van der Waals surface area contributed by atoms with Crippen LogP contribution < -0.4 is 4.74 Å². The van der Waals surface area contributed by atoms with Gasteiger partial charge in [0.15, 0.2) is 0 Å². The van der Waals surface area contributed by atoms with Crippen LogP contribution in [0.15, 0.2) is 47.1 Å². The van der Waals surface area contributed by atoms with Gasteiger partial charge in [-0.05, 0) is 36.2 Å². The fourth-order valence-electron chi connectivity index (χ4n) is 3.21. The molecule has 0 unspecified atom stereocenters. The summed E-state index contributed by atoms with van der Waals surface area (Å²) in [7, 11) is 1.68. The van der Waals surface area contributed by atoms with Crippen molar-refractivity contribution in [1.82, 2.24) is 9.80 Å². The first-order valence-corrected chi connectivity index (χ1v) is 8.90. The summed E-state index contributed by atoms with van der Waals surface area (Å²) in [6, 6.07) is 12.0. The van der Waals surface area contributed by atoms with Gasteiger partial charge in [-0.3, -0.25) is 9.69 Å². The van der Waals surface area contributed by atoms with Gasteiger partial charge in [-0.1, -0.05) is 12.1 Å². The highest BCUT2D eigenvalue weighted by atomic mass is 16.5. The lowest BCUT2D eigenvalue weighted by molar-refractivity contribution is -0.131. The van der Waals surface area contributed by atoms with Crippen LogP contribution in [0.4, 0.5) is 0 Å². The second-order valence-electron chi connectivity index (χ2n) is 6.44. The van der Waals surface area contributed by atoms with Crippen molar-refractivity contribution >= 4 is 5.91 Å². The number of ether oxygens (including phenoxy) is 1. The summed E-state index contributed by atoms with van der Waals surface area (Å²) in [5.41, 5.74) is 1.28. The van der Waals surface area contributed by atoms with Gasteiger partial charge in [0.05, 0.1) is 13.4 Å². The standard InChI is InChI=1S/C20H26N2O3/c1-24-18-7-5-17(6-8-18)16-21-11-3-12-22(14-13-21)20(23)10-9-19-4-2-15-25-19/h2,4-8,15H,3,9-14,16H2,1H3. The Kier molecular flexibility index (Phi) is 6.12. The summed E-state index contributed by atoms with van der Waals surface area (Å²) in [5, 5.41) is 0. The van der Waals surface area contributed by atoms with Crippen LogP contribution in [0.5, 0.6) is 5.75 Å². The average molecular weight is 342 g/mol. The summed E-state index contributed by atoms with van der Waals surface area (Å²) in [6.07, 6.45) is 3.87. The molecule has 1 amide bonds. The molecule has 0 spiro atoms. The summed E-state index contributed by atoms with van der Waals surface area (Å²) >= 11 is 0. The molecule has 1 saturated heterocycles. The van der Waals surface area contributed by atoms with E-state index < -0.39 is 0 Å². The predicted molar refractivity (Wildman–Crippen MR) is 96.5 cm³/mol. The van der Waals surface area contributed by atoms with Crippen LogP contribution in [0.25, 0.3) is 0 Å². The van der Waals surface area contributed by atoms with Crippen LogP contribution in [-0.2, 0) is 17.8 Å². The molecule has 1 aliphatic heterocycles. The fraction of sp³-hybridized carbons (Fsp3) is 0.450. The molecule has 5 heteroatoms. The van der Waals surface area contributed by atoms with Crippen LogP contribution in [0.2, 0.25) is 0 Å². The smallest absolute Gasteiger partial charge is 0.223 e. The average Bonchev–Trinajstić information content (AvgIpc) is 3.06. The molecular weight excluding hydrogens is 316 g/mol. The number of hydrogen-bond donors (Lipinski definition) is 0. The molecule has 25 heavy (non-hydrogen) atoms. The molecule has 1 aliphatic rings. The Morgan fingerprint density at radius 2 is 1.96 bits per heavy atom. The molecule has 0 bridgehead atoms. The molecule has 1 aromatic heterocycles. The lowest BCUT2D eigenvalue weighted by Gasteiger charge is -2.22. The molecule has 5 nitrogen and oxygen atoms in total. The number of rotatable bonds is 6. The van der Waals surface area contributed by atoms with E-state index in [1.54, 1.807) is 13.4 Å². The molecule has 0 aliphatic carbocycles. The first-order valence-electron chi connectivity index (χ1n) is 8.90. The molecule has 0 saturated carbocycles. The van der Waals surface area contributed by atoms with Gasteiger partial charge in [-0.15, -0.1) is 0 Å². The minimum absolute atomic E-state index is 0.225. The zero-order chi connectivity index (χ0) is 17.5. The Morgan fingerprint density at radius 3 is 2.68 bits per heavy atom. The van der Waals surface area contributed by atoms with Crippen molar-refractivity contribution in [3.63, 3.8) is 0 Å². The second-order valence-corrected chi connectivity index (χ2v) is 6.44. The Morgan fingerprint density at radius 1 is 1.12 bits per heavy atom.